The average molecular weight is 282 g/mol. The van der Waals surface area contributed by atoms with Crippen molar-refractivity contribution < 1.29 is 5.11 Å². The van der Waals surface area contributed by atoms with Crippen molar-refractivity contribution in [2.24, 2.45) is 11.3 Å². The molecule has 2 atom stereocenters. The van der Waals surface area contributed by atoms with Crippen LogP contribution in [0.15, 0.2) is 0 Å². The molecule has 1 aliphatic carbocycles. The molecule has 1 aliphatic heterocycles. The van der Waals surface area contributed by atoms with Crippen molar-refractivity contribution in [3.63, 3.8) is 0 Å². The van der Waals surface area contributed by atoms with Gasteiger partial charge in [-0.25, -0.2) is 0 Å². The minimum absolute atomic E-state index is 0.355. The summed E-state index contributed by atoms with van der Waals surface area (Å²) >= 11 is 0. The Morgan fingerprint density at radius 3 is 2.75 bits per heavy atom. The number of rotatable bonds is 9. The second-order valence-corrected chi connectivity index (χ2v) is 7.47. The Bertz CT molecular complexity index is 278. The zero-order valence-corrected chi connectivity index (χ0v) is 13.5. The van der Waals surface area contributed by atoms with Gasteiger partial charge in [-0.15, -0.1) is 0 Å². The molecule has 2 unspecified atom stereocenters. The molecule has 0 amide bonds. The minimum Gasteiger partial charge on any atom is -0.396 e. The quantitative estimate of drug-likeness (QED) is 0.682. The Labute approximate surface area is 125 Å². The first kappa shape index (κ1) is 16.3. The number of likely N-dealkylation sites (tertiary alicyclic amines) is 1. The van der Waals surface area contributed by atoms with Crippen molar-refractivity contribution >= 4 is 0 Å². The van der Waals surface area contributed by atoms with Crippen LogP contribution in [0.25, 0.3) is 0 Å². The molecular formula is C17H34N2O. The number of aliphatic hydroxyl groups excluding tert-OH is 1. The number of aliphatic hydroxyl groups is 1. The summed E-state index contributed by atoms with van der Waals surface area (Å²) in [4.78, 5) is 2.66. The van der Waals surface area contributed by atoms with Gasteiger partial charge in [0.2, 0.25) is 0 Å². The molecule has 0 aromatic carbocycles. The number of piperidine rings is 1. The Morgan fingerprint density at radius 1 is 1.30 bits per heavy atom. The van der Waals surface area contributed by atoms with Gasteiger partial charge in [-0.1, -0.05) is 20.3 Å². The van der Waals surface area contributed by atoms with Crippen molar-refractivity contribution in [2.45, 2.75) is 64.8 Å². The molecule has 0 aromatic heterocycles. The van der Waals surface area contributed by atoms with E-state index in [-0.39, 0.29) is 0 Å². The molecule has 20 heavy (non-hydrogen) atoms. The zero-order valence-electron chi connectivity index (χ0n) is 13.5. The second-order valence-electron chi connectivity index (χ2n) is 7.47. The molecule has 2 rings (SSSR count). The molecular weight excluding hydrogens is 248 g/mol. The van der Waals surface area contributed by atoms with Gasteiger partial charge in [-0.3, -0.25) is 0 Å². The van der Waals surface area contributed by atoms with Crippen molar-refractivity contribution in [1.82, 2.24) is 10.2 Å². The lowest BCUT2D eigenvalue weighted by Gasteiger charge is -2.40. The van der Waals surface area contributed by atoms with Crippen molar-refractivity contribution in [2.75, 3.05) is 32.8 Å². The van der Waals surface area contributed by atoms with Crippen molar-refractivity contribution in [3.8, 4) is 0 Å². The Morgan fingerprint density at radius 2 is 2.10 bits per heavy atom. The van der Waals surface area contributed by atoms with E-state index in [9.17, 15) is 0 Å². The predicted octanol–water partition coefficient (Wildman–Crippen LogP) is 2.64. The summed E-state index contributed by atoms with van der Waals surface area (Å²) in [5.41, 5.74) is 0.415. The van der Waals surface area contributed by atoms with Crippen molar-refractivity contribution in [3.05, 3.63) is 0 Å². The maximum atomic E-state index is 9.15. The summed E-state index contributed by atoms with van der Waals surface area (Å²) in [6, 6.07) is 0.815. The fourth-order valence-electron chi connectivity index (χ4n) is 3.76. The highest BCUT2D eigenvalue weighted by atomic mass is 16.3. The van der Waals surface area contributed by atoms with Gasteiger partial charge in [0.05, 0.1) is 0 Å². The molecule has 118 valence electrons. The van der Waals surface area contributed by atoms with Crippen LogP contribution in [0.5, 0.6) is 0 Å². The zero-order chi connectivity index (χ0) is 14.4. The third-order valence-corrected chi connectivity index (χ3v) is 4.99. The Kier molecular flexibility index (Phi) is 6.31. The van der Waals surface area contributed by atoms with Gasteiger partial charge >= 0.3 is 0 Å². The van der Waals surface area contributed by atoms with Gasteiger partial charge in [0.1, 0.15) is 0 Å². The first-order chi connectivity index (χ1) is 9.65. The fraction of sp³-hybridized carbons (Fsp3) is 1.00. The third kappa shape index (κ3) is 5.34. The van der Waals surface area contributed by atoms with E-state index in [4.69, 9.17) is 5.11 Å². The second kappa shape index (κ2) is 7.77. The number of nitrogens with one attached hydrogen (secondary N) is 1. The average Bonchev–Trinajstić information content (AvgIpc) is 3.22. The molecule has 0 radical (unpaired) electrons. The topological polar surface area (TPSA) is 35.5 Å². The number of hydrogen-bond donors (Lipinski definition) is 2. The van der Waals surface area contributed by atoms with Crippen LogP contribution in [0.1, 0.15) is 58.8 Å². The van der Waals surface area contributed by atoms with Gasteiger partial charge in [0.15, 0.2) is 0 Å². The maximum absolute atomic E-state index is 9.15. The molecule has 3 heteroatoms. The SMILES string of the molecule is CCCC(C)(CNC1CC1)CN1CCCC(CCO)C1. The molecule has 1 saturated carbocycles. The lowest BCUT2D eigenvalue weighted by atomic mass is 9.83. The van der Waals surface area contributed by atoms with Gasteiger partial charge in [-0.05, 0) is 56.4 Å². The van der Waals surface area contributed by atoms with Crippen molar-refractivity contribution in [1.29, 1.82) is 0 Å². The van der Waals surface area contributed by atoms with Crippen LogP contribution in [0.2, 0.25) is 0 Å². The lowest BCUT2D eigenvalue weighted by molar-refractivity contribution is 0.0937. The van der Waals surface area contributed by atoms with Gasteiger partial charge in [0, 0.05) is 32.3 Å². The summed E-state index contributed by atoms with van der Waals surface area (Å²) in [6.07, 6.45) is 8.95. The molecule has 2 fully saturated rings. The molecule has 2 aliphatic rings. The van der Waals surface area contributed by atoms with E-state index in [1.165, 1.54) is 64.7 Å². The molecule has 0 spiro atoms. The van der Waals surface area contributed by atoms with Crippen LogP contribution in [0.3, 0.4) is 0 Å². The largest absolute Gasteiger partial charge is 0.396 e. The Hall–Kier alpha value is -0.120. The van der Waals surface area contributed by atoms with Crippen LogP contribution in [-0.2, 0) is 0 Å². The highest BCUT2D eigenvalue weighted by Crippen LogP contribution is 2.29. The standard InChI is InChI=1S/C17H34N2O/c1-3-9-17(2,13-18-16-6-7-16)14-19-10-4-5-15(12-19)8-11-20/h15-16,18,20H,3-14H2,1-2H3. The first-order valence-corrected chi connectivity index (χ1v) is 8.72. The monoisotopic (exact) mass is 282 g/mol. The third-order valence-electron chi connectivity index (χ3n) is 4.99. The number of nitrogens with zero attached hydrogens (tertiary/aromatic N) is 1. The van der Waals surface area contributed by atoms with Crippen LogP contribution in [-0.4, -0.2) is 48.8 Å². The van der Waals surface area contributed by atoms with E-state index in [0.29, 0.717) is 12.0 Å². The molecule has 3 nitrogen and oxygen atoms in total. The molecule has 0 aromatic rings. The van der Waals surface area contributed by atoms with E-state index in [0.717, 1.165) is 18.4 Å². The van der Waals surface area contributed by atoms with Gasteiger partial charge in [-0.2, -0.15) is 0 Å². The Balaban J connectivity index is 1.81. The first-order valence-electron chi connectivity index (χ1n) is 8.72. The molecule has 2 N–H and O–H groups in total. The lowest BCUT2D eigenvalue weighted by Crippen LogP contribution is -2.46. The smallest absolute Gasteiger partial charge is 0.0434 e. The van der Waals surface area contributed by atoms with Crippen LogP contribution >= 0.6 is 0 Å². The van der Waals surface area contributed by atoms with E-state index < -0.39 is 0 Å². The molecule has 0 bridgehead atoms. The summed E-state index contributed by atoms with van der Waals surface area (Å²) < 4.78 is 0. The highest BCUT2D eigenvalue weighted by molar-refractivity contribution is 4.88. The summed E-state index contributed by atoms with van der Waals surface area (Å²) in [5.74, 6) is 0.719. The molecule has 1 heterocycles. The normalized spacial score (nSPS) is 27.4. The van der Waals surface area contributed by atoms with Gasteiger partial charge < -0.3 is 15.3 Å². The predicted molar refractivity (Wildman–Crippen MR) is 84.9 cm³/mol. The van der Waals surface area contributed by atoms with E-state index >= 15 is 0 Å². The van der Waals surface area contributed by atoms with E-state index in [2.05, 4.69) is 24.1 Å². The van der Waals surface area contributed by atoms with Crippen LogP contribution in [0.4, 0.5) is 0 Å². The number of hydrogen-bond acceptors (Lipinski definition) is 3. The highest BCUT2D eigenvalue weighted by Gasteiger charge is 2.31. The fourth-order valence-corrected chi connectivity index (χ4v) is 3.76. The van der Waals surface area contributed by atoms with E-state index in [1.54, 1.807) is 0 Å². The summed E-state index contributed by atoms with van der Waals surface area (Å²) in [5, 5.41) is 12.9. The maximum Gasteiger partial charge on any atom is 0.0434 e. The van der Waals surface area contributed by atoms with Gasteiger partial charge in [0.25, 0.3) is 0 Å². The van der Waals surface area contributed by atoms with Crippen LogP contribution < -0.4 is 5.32 Å². The minimum atomic E-state index is 0.355. The summed E-state index contributed by atoms with van der Waals surface area (Å²) in [6.45, 7) is 9.97. The molecule has 1 saturated heterocycles. The summed E-state index contributed by atoms with van der Waals surface area (Å²) in [7, 11) is 0. The van der Waals surface area contributed by atoms with E-state index in [1.807, 2.05) is 0 Å². The van der Waals surface area contributed by atoms with Crippen LogP contribution in [0, 0.1) is 11.3 Å².